The number of aromatic nitrogens is 1. The van der Waals surface area contributed by atoms with Gasteiger partial charge in [-0.05, 0) is 30.7 Å². The molecule has 0 fully saturated rings. The van der Waals surface area contributed by atoms with Crippen LogP contribution in [0.4, 0.5) is 0 Å². The number of hydrogen-bond acceptors (Lipinski definition) is 5. The summed E-state index contributed by atoms with van der Waals surface area (Å²) >= 11 is 0. The van der Waals surface area contributed by atoms with Gasteiger partial charge in [0.15, 0.2) is 5.58 Å². The van der Waals surface area contributed by atoms with Crippen LogP contribution in [0.3, 0.4) is 0 Å². The van der Waals surface area contributed by atoms with Gasteiger partial charge in [0.2, 0.25) is 0 Å². The highest BCUT2D eigenvalue weighted by Crippen LogP contribution is 2.23. The van der Waals surface area contributed by atoms with Crippen molar-refractivity contribution in [3.8, 4) is 0 Å². The normalized spacial score (nSPS) is 14.2. The number of aromatic amines is 1. The number of aliphatic hydroxyl groups is 1. The number of rotatable bonds is 7. The molecule has 4 N–H and O–H groups in total. The molecule has 0 aliphatic heterocycles. The lowest BCUT2D eigenvalue weighted by atomic mass is 9.98. The summed E-state index contributed by atoms with van der Waals surface area (Å²) in [6.07, 6.45) is -0.607. The molecule has 2 unspecified atom stereocenters. The molecule has 114 valence electrons. The van der Waals surface area contributed by atoms with Crippen molar-refractivity contribution in [2.24, 2.45) is 0 Å². The smallest absolute Gasteiger partial charge is 0.417 e. The first-order valence-corrected chi connectivity index (χ1v) is 6.77. The standard InChI is InChI=1S/C14H18N2O5/c1-2-15-10(5-6-12(17)18)13(19)8-3-4-9-11(7-8)21-14(20)16-9/h3-4,7,10,13,15,19H,2,5-6H2,1H3,(H,16,20)(H,17,18). The van der Waals surface area contributed by atoms with Crippen LogP contribution in [0.5, 0.6) is 0 Å². The number of nitrogens with one attached hydrogen (secondary N) is 2. The maximum Gasteiger partial charge on any atom is 0.417 e. The molecular weight excluding hydrogens is 276 g/mol. The fraction of sp³-hybridized carbons (Fsp3) is 0.429. The summed E-state index contributed by atoms with van der Waals surface area (Å²) in [7, 11) is 0. The molecule has 0 saturated carbocycles. The van der Waals surface area contributed by atoms with E-state index in [1.165, 1.54) is 0 Å². The monoisotopic (exact) mass is 294 g/mol. The van der Waals surface area contributed by atoms with Gasteiger partial charge < -0.3 is 19.9 Å². The van der Waals surface area contributed by atoms with Crippen molar-refractivity contribution < 1.29 is 19.4 Å². The molecule has 2 atom stereocenters. The van der Waals surface area contributed by atoms with Crippen LogP contribution in [0.1, 0.15) is 31.4 Å². The molecule has 1 heterocycles. The molecule has 1 aromatic carbocycles. The van der Waals surface area contributed by atoms with Crippen molar-refractivity contribution in [3.05, 3.63) is 34.3 Å². The van der Waals surface area contributed by atoms with E-state index < -0.39 is 17.8 Å². The van der Waals surface area contributed by atoms with Crippen molar-refractivity contribution in [2.75, 3.05) is 6.54 Å². The summed E-state index contributed by atoms with van der Waals surface area (Å²) < 4.78 is 4.96. The molecule has 2 aromatic rings. The molecule has 1 aromatic heterocycles. The number of likely N-dealkylation sites (N-methyl/N-ethyl adjacent to an activating group) is 1. The van der Waals surface area contributed by atoms with E-state index in [2.05, 4.69) is 10.3 Å². The Bertz CT molecular complexity index is 675. The fourth-order valence-electron chi connectivity index (χ4n) is 2.29. The average Bonchev–Trinajstić information content (AvgIpc) is 2.81. The Balaban J connectivity index is 2.21. The molecule has 0 spiro atoms. The first-order valence-electron chi connectivity index (χ1n) is 6.77. The molecule has 2 rings (SSSR count). The third-order valence-electron chi connectivity index (χ3n) is 3.30. The molecule has 7 nitrogen and oxygen atoms in total. The lowest BCUT2D eigenvalue weighted by Crippen LogP contribution is -2.35. The van der Waals surface area contributed by atoms with Gasteiger partial charge in [0, 0.05) is 12.5 Å². The zero-order valence-corrected chi connectivity index (χ0v) is 11.6. The van der Waals surface area contributed by atoms with E-state index in [4.69, 9.17) is 9.52 Å². The minimum Gasteiger partial charge on any atom is -0.481 e. The quantitative estimate of drug-likeness (QED) is 0.605. The molecule has 21 heavy (non-hydrogen) atoms. The van der Waals surface area contributed by atoms with E-state index in [-0.39, 0.29) is 12.5 Å². The largest absolute Gasteiger partial charge is 0.481 e. The second kappa shape index (κ2) is 6.55. The van der Waals surface area contributed by atoms with Gasteiger partial charge in [0.25, 0.3) is 0 Å². The number of benzene rings is 1. The van der Waals surface area contributed by atoms with E-state index in [9.17, 15) is 14.7 Å². The number of hydrogen-bond donors (Lipinski definition) is 4. The van der Waals surface area contributed by atoms with E-state index in [0.717, 1.165) is 0 Å². The zero-order chi connectivity index (χ0) is 15.4. The Morgan fingerprint density at radius 1 is 1.48 bits per heavy atom. The highest BCUT2D eigenvalue weighted by molar-refractivity contribution is 5.72. The molecule has 0 radical (unpaired) electrons. The predicted molar refractivity (Wildman–Crippen MR) is 76.1 cm³/mol. The maximum absolute atomic E-state index is 11.1. The second-order valence-electron chi connectivity index (χ2n) is 4.81. The molecule has 0 saturated heterocycles. The van der Waals surface area contributed by atoms with E-state index >= 15 is 0 Å². The van der Waals surface area contributed by atoms with Crippen LogP contribution in [0, 0.1) is 0 Å². The average molecular weight is 294 g/mol. The Morgan fingerprint density at radius 3 is 2.90 bits per heavy atom. The summed E-state index contributed by atoms with van der Waals surface area (Å²) in [5.74, 6) is -1.46. The third kappa shape index (κ3) is 3.71. The lowest BCUT2D eigenvalue weighted by Gasteiger charge is -2.23. The van der Waals surface area contributed by atoms with Crippen LogP contribution in [-0.2, 0) is 4.79 Å². The summed E-state index contributed by atoms with van der Waals surface area (Å²) in [6, 6.07) is 4.54. The van der Waals surface area contributed by atoms with Gasteiger partial charge in [-0.25, -0.2) is 4.79 Å². The molecule has 7 heteroatoms. The molecule has 0 amide bonds. The SMILES string of the molecule is CCNC(CCC(=O)O)C(O)c1ccc2[nH]c(=O)oc2c1. The van der Waals surface area contributed by atoms with Gasteiger partial charge >= 0.3 is 11.7 Å². The lowest BCUT2D eigenvalue weighted by molar-refractivity contribution is -0.137. The van der Waals surface area contributed by atoms with E-state index in [1.807, 2.05) is 6.92 Å². The topological polar surface area (TPSA) is 116 Å². The number of carboxylic acid groups (broad SMARTS) is 1. The van der Waals surface area contributed by atoms with Crippen LogP contribution >= 0.6 is 0 Å². The number of carboxylic acids is 1. The maximum atomic E-state index is 11.1. The Hall–Kier alpha value is -2.12. The highest BCUT2D eigenvalue weighted by atomic mass is 16.4. The molecule has 0 bridgehead atoms. The minimum atomic E-state index is -0.905. The predicted octanol–water partition coefficient (Wildman–Crippen LogP) is 0.997. The Morgan fingerprint density at radius 2 is 2.24 bits per heavy atom. The molecule has 0 aliphatic carbocycles. The van der Waals surface area contributed by atoms with Crippen molar-refractivity contribution in [3.63, 3.8) is 0 Å². The van der Waals surface area contributed by atoms with E-state index in [0.29, 0.717) is 29.6 Å². The highest BCUT2D eigenvalue weighted by Gasteiger charge is 2.21. The minimum absolute atomic E-state index is 0.0315. The fourth-order valence-corrected chi connectivity index (χ4v) is 2.29. The third-order valence-corrected chi connectivity index (χ3v) is 3.30. The Kier molecular flexibility index (Phi) is 4.77. The van der Waals surface area contributed by atoms with Crippen LogP contribution in [-0.4, -0.2) is 33.8 Å². The van der Waals surface area contributed by atoms with Crippen molar-refractivity contribution in [1.82, 2.24) is 10.3 Å². The molecule has 0 aliphatic rings. The van der Waals surface area contributed by atoms with Crippen LogP contribution in [0.15, 0.2) is 27.4 Å². The van der Waals surface area contributed by atoms with Gasteiger partial charge in [-0.15, -0.1) is 0 Å². The summed E-state index contributed by atoms with van der Waals surface area (Å²) in [5, 5.41) is 22.2. The number of H-pyrrole nitrogens is 1. The van der Waals surface area contributed by atoms with Crippen LogP contribution < -0.4 is 11.1 Å². The van der Waals surface area contributed by atoms with Gasteiger partial charge in [0.1, 0.15) is 0 Å². The van der Waals surface area contributed by atoms with Gasteiger partial charge in [0.05, 0.1) is 11.6 Å². The van der Waals surface area contributed by atoms with Crippen molar-refractivity contribution in [1.29, 1.82) is 0 Å². The first-order chi connectivity index (χ1) is 10.0. The van der Waals surface area contributed by atoms with Crippen molar-refractivity contribution in [2.45, 2.75) is 31.9 Å². The van der Waals surface area contributed by atoms with Crippen LogP contribution in [0.25, 0.3) is 11.1 Å². The number of aliphatic hydroxyl groups excluding tert-OH is 1. The van der Waals surface area contributed by atoms with Crippen molar-refractivity contribution >= 4 is 17.1 Å². The zero-order valence-electron chi connectivity index (χ0n) is 11.6. The van der Waals surface area contributed by atoms with Crippen LogP contribution in [0.2, 0.25) is 0 Å². The summed E-state index contributed by atoms with van der Waals surface area (Å²) in [5.41, 5.74) is 1.49. The Labute approximate surface area is 120 Å². The van der Waals surface area contributed by atoms with Gasteiger partial charge in [-0.1, -0.05) is 13.0 Å². The second-order valence-corrected chi connectivity index (χ2v) is 4.81. The number of carbonyl (C=O) groups is 1. The van der Waals surface area contributed by atoms with Gasteiger partial charge in [-0.2, -0.15) is 0 Å². The summed E-state index contributed by atoms with van der Waals surface area (Å²) in [6.45, 7) is 2.50. The summed E-state index contributed by atoms with van der Waals surface area (Å²) in [4.78, 5) is 24.3. The molecular formula is C14H18N2O5. The number of fused-ring (bicyclic) bond motifs is 1. The number of oxazole rings is 1. The number of aliphatic carboxylic acids is 1. The first kappa shape index (κ1) is 15.3. The van der Waals surface area contributed by atoms with E-state index in [1.54, 1.807) is 18.2 Å². The van der Waals surface area contributed by atoms with Gasteiger partial charge in [-0.3, -0.25) is 9.78 Å².